The lowest BCUT2D eigenvalue weighted by Crippen LogP contribution is -2.40. The van der Waals surface area contributed by atoms with Gasteiger partial charge in [0.2, 0.25) is 10.0 Å². The number of halogens is 1. The monoisotopic (exact) mass is 293 g/mol. The third kappa shape index (κ3) is 3.03. The number of nitrogens with zero attached hydrogens (tertiary/aromatic N) is 2. The van der Waals surface area contributed by atoms with Gasteiger partial charge in [0.15, 0.2) is 0 Å². The van der Waals surface area contributed by atoms with E-state index in [1.807, 2.05) is 0 Å². The number of alkyl halides is 1. The highest BCUT2D eigenvalue weighted by Crippen LogP contribution is 2.21. The summed E-state index contributed by atoms with van der Waals surface area (Å²) in [6.07, 6.45) is 4.23. The Morgan fingerprint density at radius 3 is 2.78 bits per heavy atom. The van der Waals surface area contributed by atoms with E-state index in [0.29, 0.717) is 38.4 Å². The maximum absolute atomic E-state index is 12.2. The maximum atomic E-state index is 12.2. The first-order valence-electron chi connectivity index (χ1n) is 5.81. The van der Waals surface area contributed by atoms with Gasteiger partial charge in [0, 0.05) is 25.2 Å². The zero-order valence-corrected chi connectivity index (χ0v) is 11.5. The molecule has 1 aromatic heterocycles. The van der Waals surface area contributed by atoms with E-state index in [4.69, 9.17) is 16.3 Å². The van der Waals surface area contributed by atoms with Crippen LogP contribution in [0, 0.1) is 0 Å². The Labute approximate surface area is 111 Å². The van der Waals surface area contributed by atoms with Crippen LogP contribution in [0.1, 0.15) is 12.8 Å². The first kappa shape index (κ1) is 13.8. The van der Waals surface area contributed by atoms with Crippen LogP contribution >= 0.6 is 11.6 Å². The number of hydrogen-bond donors (Lipinski definition) is 1. The van der Waals surface area contributed by atoms with Gasteiger partial charge in [-0.2, -0.15) is 9.40 Å². The minimum atomic E-state index is -3.40. The molecule has 0 unspecified atom stereocenters. The van der Waals surface area contributed by atoms with E-state index in [1.165, 1.54) is 16.7 Å². The summed E-state index contributed by atoms with van der Waals surface area (Å²) in [6.45, 7) is 1.46. The Morgan fingerprint density at radius 1 is 1.50 bits per heavy atom. The lowest BCUT2D eigenvalue weighted by molar-refractivity contribution is 0.0301. The molecule has 2 rings (SSSR count). The van der Waals surface area contributed by atoms with Crippen molar-refractivity contribution in [3.63, 3.8) is 0 Å². The molecule has 0 radical (unpaired) electrons. The molecule has 102 valence electrons. The third-order valence-corrected chi connectivity index (χ3v) is 4.96. The van der Waals surface area contributed by atoms with Crippen molar-refractivity contribution >= 4 is 21.6 Å². The van der Waals surface area contributed by atoms with Gasteiger partial charge in [0.1, 0.15) is 4.90 Å². The standard InChI is InChI=1S/C10H16ClN3O3S/c11-3-6-17-9-1-4-14(5-2-9)18(15,16)10-7-12-13-8-10/h7-9H,1-6H2,(H,12,13). The summed E-state index contributed by atoms with van der Waals surface area (Å²) in [6, 6.07) is 0. The lowest BCUT2D eigenvalue weighted by Gasteiger charge is -2.30. The van der Waals surface area contributed by atoms with Crippen molar-refractivity contribution in [2.75, 3.05) is 25.6 Å². The van der Waals surface area contributed by atoms with Crippen molar-refractivity contribution in [1.82, 2.24) is 14.5 Å². The largest absolute Gasteiger partial charge is 0.377 e. The number of aromatic nitrogens is 2. The third-order valence-electron chi connectivity index (χ3n) is 2.94. The van der Waals surface area contributed by atoms with Gasteiger partial charge < -0.3 is 4.74 Å². The first-order chi connectivity index (χ1) is 8.64. The molecule has 0 spiro atoms. The Balaban J connectivity index is 1.94. The molecule has 0 bridgehead atoms. The molecular formula is C10H16ClN3O3S. The van der Waals surface area contributed by atoms with Gasteiger partial charge in [0.05, 0.1) is 18.9 Å². The van der Waals surface area contributed by atoms with Crippen LogP contribution in [0.3, 0.4) is 0 Å². The van der Waals surface area contributed by atoms with E-state index in [1.54, 1.807) is 0 Å². The van der Waals surface area contributed by atoms with Crippen LogP contribution in [0.5, 0.6) is 0 Å². The van der Waals surface area contributed by atoms with Crippen molar-refractivity contribution in [2.45, 2.75) is 23.8 Å². The summed E-state index contributed by atoms with van der Waals surface area (Å²) in [7, 11) is -3.40. The molecular weight excluding hydrogens is 278 g/mol. The van der Waals surface area contributed by atoms with E-state index in [-0.39, 0.29) is 11.0 Å². The second-order valence-corrected chi connectivity index (χ2v) is 6.41. The van der Waals surface area contributed by atoms with Crippen LogP contribution in [0.15, 0.2) is 17.3 Å². The van der Waals surface area contributed by atoms with Gasteiger partial charge in [-0.15, -0.1) is 11.6 Å². The molecule has 0 amide bonds. The van der Waals surface area contributed by atoms with Crippen LogP contribution in [0.2, 0.25) is 0 Å². The Morgan fingerprint density at radius 2 is 2.22 bits per heavy atom. The van der Waals surface area contributed by atoms with Gasteiger partial charge in [-0.1, -0.05) is 0 Å². The second kappa shape index (κ2) is 6.01. The molecule has 1 fully saturated rings. The molecule has 0 saturated carbocycles. The summed E-state index contributed by atoms with van der Waals surface area (Å²) in [5.74, 6) is 0.466. The van der Waals surface area contributed by atoms with Crippen molar-refractivity contribution < 1.29 is 13.2 Å². The van der Waals surface area contributed by atoms with Crippen molar-refractivity contribution in [3.05, 3.63) is 12.4 Å². The molecule has 1 aromatic rings. The molecule has 1 saturated heterocycles. The molecule has 18 heavy (non-hydrogen) atoms. The molecule has 6 nitrogen and oxygen atoms in total. The number of hydrogen-bond acceptors (Lipinski definition) is 4. The topological polar surface area (TPSA) is 75.3 Å². The minimum absolute atomic E-state index is 0.111. The number of sulfonamides is 1. The zero-order valence-electron chi connectivity index (χ0n) is 9.88. The highest BCUT2D eigenvalue weighted by Gasteiger charge is 2.30. The number of piperidine rings is 1. The summed E-state index contributed by atoms with van der Waals surface area (Å²) in [5, 5.41) is 6.19. The van der Waals surface area contributed by atoms with Gasteiger partial charge in [-0.25, -0.2) is 8.42 Å². The first-order valence-corrected chi connectivity index (χ1v) is 7.78. The fourth-order valence-electron chi connectivity index (χ4n) is 1.98. The molecule has 0 atom stereocenters. The van der Waals surface area contributed by atoms with E-state index < -0.39 is 10.0 Å². The van der Waals surface area contributed by atoms with Gasteiger partial charge in [0.25, 0.3) is 0 Å². The van der Waals surface area contributed by atoms with Crippen LogP contribution < -0.4 is 0 Å². The average molecular weight is 294 g/mol. The van der Waals surface area contributed by atoms with Crippen LogP contribution in [0.25, 0.3) is 0 Å². The van der Waals surface area contributed by atoms with Crippen LogP contribution in [-0.2, 0) is 14.8 Å². The Kier molecular flexibility index (Phi) is 4.60. The predicted octanol–water partition coefficient (Wildman–Crippen LogP) is 0.818. The maximum Gasteiger partial charge on any atom is 0.246 e. The Hall–Kier alpha value is -0.630. The van der Waals surface area contributed by atoms with Gasteiger partial charge >= 0.3 is 0 Å². The second-order valence-electron chi connectivity index (χ2n) is 4.10. The highest BCUT2D eigenvalue weighted by atomic mass is 35.5. The molecule has 2 heterocycles. The fraction of sp³-hybridized carbons (Fsp3) is 0.700. The van der Waals surface area contributed by atoms with Gasteiger partial charge in [-0.3, -0.25) is 5.10 Å². The predicted molar refractivity (Wildman–Crippen MR) is 67.0 cm³/mol. The van der Waals surface area contributed by atoms with E-state index in [2.05, 4.69) is 10.2 Å². The van der Waals surface area contributed by atoms with Crippen LogP contribution in [0.4, 0.5) is 0 Å². The molecule has 8 heteroatoms. The number of nitrogens with one attached hydrogen (secondary N) is 1. The van der Waals surface area contributed by atoms with E-state index in [9.17, 15) is 8.42 Å². The fourth-order valence-corrected chi connectivity index (χ4v) is 3.45. The van der Waals surface area contributed by atoms with Gasteiger partial charge in [-0.05, 0) is 12.8 Å². The minimum Gasteiger partial charge on any atom is -0.377 e. The van der Waals surface area contributed by atoms with Crippen molar-refractivity contribution in [3.8, 4) is 0 Å². The number of ether oxygens (including phenoxy) is 1. The molecule has 1 N–H and O–H groups in total. The van der Waals surface area contributed by atoms with Crippen molar-refractivity contribution in [1.29, 1.82) is 0 Å². The lowest BCUT2D eigenvalue weighted by atomic mass is 10.1. The molecule has 0 aliphatic carbocycles. The van der Waals surface area contributed by atoms with Crippen LogP contribution in [-0.4, -0.2) is 54.6 Å². The van der Waals surface area contributed by atoms with E-state index in [0.717, 1.165) is 0 Å². The SMILES string of the molecule is O=S(=O)(c1cn[nH]c1)N1CCC(OCCCl)CC1. The molecule has 1 aliphatic rings. The average Bonchev–Trinajstić information content (AvgIpc) is 2.91. The zero-order chi connectivity index (χ0) is 13.0. The quantitative estimate of drug-likeness (QED) is 0.816. The number of rotatable bonds is 5. The summed E-state index contributed by atoms with van der Waals surface area (Å²) < 4.78 is 31.3. The van der Waals surface area contributed by atoms with E-state index >= 15 is 0 Å². The summed E-state index contributed by atoms with van der Waals surface area (Å²) >= 11 is 5.55. The van der Waals surface area contributed by atoms with Crippen molar-refractivity contribution in [2.24, 2.45) is 0 Å². The molecule has 0 aromatic carbocycles. The number of aromatic amines is 1. The smallest absolute Gasteiger partial charge is 0.246 e. The summed E-state index contributed by atoms with van der Waals surface area (Å²) in [4.78, 5) is 0.211. The highest BCUT2D eigenvalue weighted by molar-refractivity contribution is 7.89. The molecule has 1 aliphatic heterocycles. The normalized spacial score (nSPS) is 19.2. The number of H-pyrrole nitrogens is 1. The Bertz CT molecular complexity index is 455. The summed E-state index contributed by atoms with van der Waals surface area (Å²) in [5.41, 5.74) is 0.